The third kappa shape index (κ3) is 4.66. The molecule has 0 aliphatic heterocycles. The summed E-state index contributed by atoms with van der Waals surface area (Å²) >= 11 is 5.97. The first-order valence-electron chi connectivity index (χ1n) is 6.23. The number of aliphatic hydroxyl groups is 1. The molecule has 1 aromatic rings. The number of aliphatic hydroxyl groups excluding tert-OH is 1. The standard InChI is InChI=1S/C14H22ClNO/c1-3-4-13(16)14(17)8-6-11-5-7-12(15)10(2)9-11/h5,7,9,13-14,17H,3-4,6,8,16H2,1-2H3. The van der Waals surface area contributed by atoms with Gasteiger partial charge in [-0.05, 0) is 43.4 Å². The van der Waals surface area contributed by atoms with Crippen molar-refractivity contribution in [2.45, 2.75) is 51.7 Å². The predicted molar refractivity (Wildman–Crippen MR) is 73.4 cm³/mol. The van der Waals surface area contributed by atoms with E-state index in [0.717, 1.165) is 29.8 Å². The zero-order valence-corrected chi connectivity index (χ0v) is 11.4. The van der Waals surface area contributed by atoms with Crippen molar-refractivity contribution in [1.29, 1.82) is 0 Å². The SMILES string of the molecule is CCCC(N)C(O)CCc1ccc(Cl)c(C)c1. The number of hydrogen-bond donors (Lipinski definition) is 2. The van der Waals surface area contributed by atoms with Gasteiger partial charge in [-0.25, -0.2) is 0 Å². The number of nitrogens with two attached hydrogens (primary N) is 1. The smallest absolute Gasteiger partial charge is 0.0694 e. The third-order valence-corrected chi connectivity index (χ3v) is 3.49. The lowest BCUT2D eigenvalue weighted by molar-refractivity contribution is 0.131. The Morgan fingerprint density at radius 2 is 2.06 bits per heavy atom. The quantitative estimate of drug-likeness (QED) is 0.821. The highest BCUT2D eigenvalue weighted by molar-refractivity contribution is 6.31. The van der Waals surface area contributed by atoms with Crippen molar-refractivity contribution in [3.05, 3.63) is 34.3 Å². The zero-order chi connectivity index (χ0) is 12.8. The van der Waals surface area contributed by atoms with E-state index in [4.69, 9.17) is 17.3 Å². The number of rotatable bonds is 6. The van der Waals surface area contributed by atoms with Gasteiger partial charge in [0.1, 0.15) is 0 Å². The summed E-state index contributed by atoms with van der Waals surface area (Å²) in [5.74, 6) is 0. The van der Waals surface area contributed by atoms with Crippen LogP contribution in [-0.4, -0.2) is 17.3 Å². The molecule has 2 atom stereocenters. The van der Waals surface area contributed by atoms with E-state index in [1.165, 1.54) is 5.56 Å². The summed E-state index contributed by atoms with van der Waals surface area (Å²) in [5.41, 5.74) is 8.16. The van der Waals surface area contributed by atoms with Crippen LogP contribution in [0.3, 0.4) is 0 Å². The van der Waals surface area contributed by atoms with Gasteiger partial charge in [-0.15, -0.1) is 0 Å². The summed E-state index contributed by atoms with van der Waals surface area (Å²) in [5, 5.41) is 10.7. The van der Waals surface area contributed by atoms with Crippen molar-refractivity contribution < 1.29 is 5.11 Å². The fourth-order valence-corrected chi connectivity index (χ4v) is 2.03. The first-order chi connectivity index (χ1) is 8.04. The number of hydrogen-bond acceptors (Lipinski definition) is 2. The van der Waals surface area contributed by atoms with Gasteiger partial charge in [-0.1, -0.05) is 37.1 Å². The van der Waals surface area contributed by atoms with E-state index in [0.29, 0.717) is 6.42 Å². The average Bonchev–Trinajstić information content (AvgIpc) is 2.30. The van der Waals surface area contributed by atoms with Crippen molar-refractivity contribution in [3.8, 4) is 0 Å². The fourth-order valence-electron chi connectivity index (χ4n) is 1.92. The first kappa shape index (κ1) is 14.5. The molecule has 3 heteroatoms. The van der Waals surface area contributed by atoms with Crippen molar-refractivity contribution in [3.63, 3.8) is 0 Å². The molecule has 0 spiro atoms. The van der Waals surface area contributed by atoms with Gasteiger partial charge in [0.25, 0.3) is 0 Å². The maximum absolute atomic E-state index is 9.88. The highest BCUT2D eigenvalue weighted by Crippen LogP contribution is 2.18. The molecule has 1 rings (SSSR count). The molecule has 0 amide bonds. The molecule has 0 aromatic heterocycles. The molecule has 2 nitrogen and oxygen atoms in total. The second-order valence-electron chi connectivity index (χ2n) is 4.64. The van der Waals surface area contributed by atoms with Crippen LogP contribution in [0.1, 0.15) is 37.3 Å². The zero-order valence-electron chi connectivity index (χ0n) is 10.6. The maximum atomic E-state index is 9.88. The Morgan fingerprint density at radius 3 is 2.65 bits per heavy atom. The second-order valence-corrected chi connectivity index (χ2v) is 5.05. The van der Waals surface area contributed by atoms with Crippen LogP contribution in [0.4, 0.5) is 0 Å². The molecule has 17 heavy (non-hydrogen) atoms. The summed E-state index contributed by atoms with van der Waals surface area (Å²) in [6, 6.07) is 5.88. The van der Waals surface area contributed by atoms with Crippen molar-refractivity contribution in [2.75, 3.05) is 0 Å². The van der Waals surface area contributed by atoms with E-state index in [1.807, 2.05) is 19.1 Å². The lowest BCUT2D eigenvalue weighted by atomic mass is 9.99. The molecular weight excluding hydrogens is 234 g/mol. The molecule has 2 unspecified atom stereocenters. The Kier molecular flexibility index (Phi) is 5.96. The van der Waals surface area contributed by atoms with Crippen LogP contribution in [0.5, 0.6) is 0 Å². The van der Waals surface area contributed by atoms with Crippen molar-refractivity contribution in [1.82, 2.24) is 0 Å². The molecule has 0 heterocycles. The molecule has 0 saturated heterocycles. The molecule has 0 aliphatic carbocycles. The van der Waals surface area contributed by atoms with Crippen LogP contribution in [0.2, 0.25) is 5.02 Å². The highest BCUT2D eigenvalue weighted by Gasteiger charge is 2.13. The molecule has 0 aliphatic rings. The summed E-state index contributed by atoms with van der Waals surface area (Å²) in [6.07, 6.45) is 3.03. The van der Waals surface area contributed by atoms with Gasteiger partial charge in [0.15, 0.2) is 0 Å². The van der Waals surface area contributed by atoms with E-state index >= 15 is 0 Å². The van der Waals surface area contributed by atoms with Gasteiger partial charge in [0.2, 0.25) is 0 Å². The van der Waals surface area contributed by atoms with Gasteiger partial charge in [0.05, 0.1) is 6.10 Å². The minimum atomic E-state index is -0.411. The van der Waals surface area contributed by atoms with E-state index in [9.17, 15) is 5.11 Å². The lowest BCUT2D eigenvalue weighted by Gasteiger charge is -2.18. The van der Waals surface area contributed by atoms with Gasteiger partial charge in [-0.3, -0.25) is 0 Å². The predicted octanol–water partition coefficient (Wildman–Crippen LogP) is 3.07. The molecule has 0 saturated carbocycles. The summed E-state index contributed by atoms with van der Waals surface area (Å²) in [6.45, 7) is 4.07. The normalized spacial score (nSPS) is 14.6. The minimum Gasteiger partial charge on any atom is -0.392 e. The van der Waals surface area contributed by atoms with E-state index < -0.39 is 6.10 Å². The maximum Gasteiger partial charge on any atom is 0.0694 e. The van der Waals surface area contributed by atoms with Gasteiger partial charge in [0, 0.05) is 11.1 Å². The van der Waals surface area contributed by atoms with Crippen LogP contribution >= 0.6 is 11.6 Å². The van der Waals surface area contributed by atoms with Crippen molar-refractivity contribution >= 4 is 11.6 Å². The molecule has 3 N–H and O–H groups in total. The molecule has 0 fully saturated rings. The fraction of sp³-hybridized carbons (Fsp3) is 0.571. The Labute approximate surface area is 109 Å². The number of aryl methyl sites for hydroxylation is 2. The molecule has 0 radical (unpaired) electrons. The van der Waals surface area contributed by atoms with E-state index in [-0.39, 0.29) is 6.04 Å². The summed E-state index contributed by atoms with van der Waals surface area (Å²) in [4.78, 5) is 0. The van der Waals surface area contributed by atoms with E-state index in [1.54, 1.807) is 0 Å². The van der Waals surface area contributed by atoms with Crippen LogP contribution in [0, 0.1) is 6.92 Å². The average molecular weight is 256 g/mol. The second kappa shape index (κ2) is 7.00. The van der Waals surface area contributed by atoms with E-state index in [2.05, 4.69) is 13.0 Å². The minimum absolute atomic E-state index is 0.103. The lowest BCUT2D eigenvalue weighted by Crippen LogP contribution is -2.34. The topological polar surface area (TPSA) is 46.2 Å². The molecular formula is C14H22ClNO. The van der Waals surface area contributed by atoms with Gasteiger partial charge < -0.3 is 10.8 Å². The Balaban J connectivity index is 2.47. The van der Waals surface area contributed by atoms with Crippen LogP contribution in [-0.2, 0) is 6.42 Å². The third-order valence-electron chi connectivity index (χ3n) is 3.07. The molecule has 96 valence electrons. The Hall–Kier alpha value is -0.570. The summed E-state index contributed by atoms with van der Waals surface area (Å²) in [7, 11) is 0. The van der Waals surface area contributed by atoms with Crippen LogP contribution in [0.15, 0.2) is 18.2 Å². The molecule has 1 aromatic carbocycles. The van der Waals surface area contributed by atoms with Crippen LogP contribution < -0.4 is 5.73 Å². The number of halogens is 1. The van der Waals surface area contributed by atoms with Crippen molar-refractivity contribution in [2.24, 2.45) is 5.73 Å². The monoisotopic (exact) mass is 255 g/mol. The number of benzene rings is 1. The Bertz CT molecular complexity index is 354. The first-order valence-corrected chi connectivity index (χ1v) is 6.61. The van der Waals surface area contributed by atoms with Gasteiger partial charge >= 0.3 is 0 Å². The molecule has 0 bridgehead atoms. The van der Waals surface area contributed by atoms with Gasteiger partial charge in [-0.2, -0.15) is 0 Å². The van der Waals surface area contributed by atoms with Crippen LogP contribution in [0.25, 0.3) is 0 Å². The summed E-state index contributed by atoms with van der Waals surface area (Å²) < 4.78 is 0. The highest BCUT2D eigenvalue weighted by atomic mass is 35.5. The largest absolute Gasteiger partial charge is 0.392 e. The Morgan fingerprint density at radius 1 is 1.35 bits per heavy atom.